The fraction of sp³-hybridized carbons (Fsp3) is 0.286. The van der Waals surface area contributed by atoms with Gasteiger partial charge in [0, 0.05) is 23.5 Å². The Kier molecular flexibility index (Phi) is 6.84. The van der Waals surface area contributed by atoms with Crippen molar-refractivity contribution in [3.63, 3.8) is 0 Å². The molecule has 2 N–H and O–H groups in total. The van der Waals surface area contributed by atoms with Crippen LogP contribution >= 0.6 is 11.6 Å². The molecule has 1 aromatic carbocycles. The maximum Gasteiger partial charge on any atom is 0.422 e. The van der Waals surface area contributed by atoms with E-state index in [1.165, 1.54) is 41.9 Å². The van der Waals surface area contributed by atoms with E-state index in [0.29, 0.717) is 11.1 Å². The van der Waals surface area contributed by atoms with Gasteiger partial charge in [-0.2, -0.15) is 13.2 Å². The lowest BCUT2D eigenvalue weighted by Gasteiger charge is -2.20. The molecule has 1 amide bonds. The zero-order valence-corrected chi connectivity index (χ0v) is 18.2. The number of benzene rings is 1. The maximum atomic E-state index is 12.7. The summed E-state index contributed by atoms with van der Waals surface area (Å²) in [6.07, 6.45) is -1.71. The number of nitrogens with one attached hydrogen (secondary N) is 1. The number of carbonyl (C=O) groups excluding carboxylic acids is 2. The molecule has 0 spiro atoms. The van der Waals surface area contributed by atoms with Gasteiger partial charge in [0.05, 0.1) is 18.7 Å². The smallest absolute Gasteiger partial charge is 0.422 e. The molecule has 2 aromatic heterocycles. The molecular formula is C21H19ClF3N3O5. The summed E-state index contributed by atoms with van der Waals surface area (Å²) in [5.74, 6) is -1.67. The highest BCUT2D eigenvalue weighted by Crippen LogP contribution is 2.35. The van der Waals surface area contributed by atoms with Crippen LogP contribution in [0.3, 0.4) is 0 Å². The summed E-state index contributed by atoms with van der Waals surface area (Å²) in [6.45, 7) is -0.740. The van der Waals surface area contributed by atoms with Gasteiger partial charge < -0.3 is 24.3 Å². The van der Waals surface area contributed by atoms with Gasteiger partial charge in [-0.1, -0.05) is 29.8 Å². The highest BCUT2D eigenvalue weighted by atomic mass is 35.5. The van der Waals surface area contributed by atoms with Crippen LogP contribution < -0.4 is 10.1 Å². The SMILES string of the molecule is COC(=O)C(C)(O)CNC(=O)c1cn2cc(Cl)cc(-c3ccccc3OCC(F)(F)F)c2n1. The molecule has 2 heterocycles. The van der Waals surface area contributed by atoms with Crippen LogP contribution in [-0.4, -0.2) is 58.4 Å². The molecule has 0 radical (unpaired) electrons. The van der Waals surface area contributed by atoms with E-state index in [9.17, 15) is 27.9 Å². The number of nitrogens with zero attached hydrogens (tertiary/aromatic N) is 2. The number of fused-ring (bicyclic) bond motifs is 1. The Morgan fingerprint density at radius 2 is 1.91 bits per heavy atom. The van der Waals surface area contributed by atoms with Crippen LogP contribution in [0.15, 0.2) is 42.7 Å². The number of esters is 1. The van der Waals surface area contributed by atoms with Gasteiger partial charge in [0.25, 0.3) is 5.91 Å². The fourth-order valence-electron chi connectivity index (χ4n) is 2.98. The van der Waals surface area contributed by atoms with Gasteiger partial charge in [-0.25, -0.2) is 9.78 Å². The summed E-state index contributed by atoms with van der Waals surface area (Å²) in [5, 5.41) is 12.7. The molecule has 0 aliphatic carbocycles. The minimum Gasteiger partial charge on any atom is -0.483 e. The number of carbonyl (C=O) groups is 2. The number of amides is 1. The second kappa shape index (κ2) is 9.28. The standard InChI is InChI=1S/C21H19ClF3N3O5/c1-20(31,19(30)32-2)10-26-18(29)15-9-28-8-12(22)7-14(17(28)27-15)13-5-3-4-6-16(13)33-11-21(23,24)25/h3-9,31H,10-11H2,1-2H3,(H,26,29). The van der Waals surface area contributed by atoms with Gasteiger partial charge in [-0.15, -0.1) is 0 Å². The van der Waals surface area contributed by atoms with E-state index in [1.54, 1.807) is 12.1 Å². The molecule has 0 bridgehead atoms. The third-order valence-electron chi connectivity index (χ3n) is 4.54. The van der Waals surface area contributed by atoms with E-state index in [2.05, 4.69) is 15.0 Å². The largest absolute Gasteiger partial charge is 0.483 e. The van der Waals surface area contributed by atoms with Crippen molar-refractivity contribution < 1.29 is 37.3 Å². The summed E-state index contributed by atoms with van der Waals surface area (Å²) in [4.78, 5) is 28.4. The number of aromatic nitrogens is 2. The zero-order valence-electron chi connectivity index (χ0n) is 17.4. The number of aliphatic hydroxyl groups is 1. The van der Waals surface area contributed by atoms with Crippen LogP contribution in [-0.2, 0) is 9.53 Å². The van der Waals surface area contributed by atoms with Crippen molar-refractivity contribution in [2.75, 3.05) is 20.3 Å². The Labute approximate surface area is 190 Å². The van der Waals surface area contributed by atoms with Crippen LogP contribution in [0.25, 0.3) is 16.8 Å². The lowest BCUT2D eigenvalue weighted by atomic mass is 10.1. The van der Waals surface area contributed by atoms with Crippen LogP contribution in [0, 0.1) is 0 Å². The van der Waals surface area contributed by atoms with E-state index in [4.69, 9.17) is 16.3 Å². The summed E-state index contributed by atoms with van der Waals surface area (Å²) < 4.78 is 48.8. The lowest BCUT2D eigenvalue weighted by molar-refractivity contribution is -0.159. The average molecular weight is 486 g/mol. The fourth-order valence-corrected chi connectivity index (χ4v) is 3.20. The monoisotopic (exact) mass is 485 g/mol. The summed E-state index contributed by atoms with van der Waals surface area (Å²) in [5.41, 5.74) is -1.17. The minimum absolute atomic E-state index is 0.0397. The second-order valence-corrected chi connectivity index (χ2v) is 7.71. The first-order valence-corrected chi connectivity index (χ1v) is 9.85. The number of hydrogen-bond donors (Lipinski definition) is 2. The predicted molar refractivity (Wildman–Crippen MR) is 112 cm³/mol. The molecule has 0 aliphatic heterocycles. The maximum absolute atomic E-state index is 12.7. The highest BCUT2D eigenvalue weighted by molar-refractivity contribution is 6.31. The summed E-state index contributed by atoms with van der Waals surface area (Å²) >= 11 is 6.18. The molecule has 176 valence electrons. The summed E-state index contributed by atoms with van der Waals surface area (Å²) in [7, 11) is 1.10. The van der Waals surface area contributed by atoms with E-state index in [-0.39, 0.29) is 22.1 Å². The van der Waals surface area contributed by atoms with Gasteiger partial charge >= 0.3 is 12.1 Å². The molecule has 0 aliphatic rings. The average Bonchev–Trinajstić information content (AvgIpc) is 3.18. The topological polar surface area (TPSA) is 102 Å². The van der Waals surface area contributed by atoms with Gasteiger partial charge in [-0.3, -0.25) is 4.79 Å². The van der Waals surface area contributed by atoms with E-state index < -0.39 is 36.8 Å². The van der Waals surface area contributed by atoms with Crippen LogP contribution in [0.4, 0.5) is 13.2 Å². The number of imidazole rings is 1. The van der Waals surface area contributed by atoms with E-state index >= 15 is 0 Å². The molecule has 8 nitrogen and oxygen atoms in total. The van der Waals surface area contributed by atoms with Crippen LogP contribution in [0.5, 0.6) is 5.75 Å². The molecule has 1 atom stereocenters. The normalized spacial score (nSPS) is 13.4. The van der Waals surface area contributed by atoms with Crippen LogP contribution in [0.1, 0.15) is 17.4 Å². The molecule has 33 heavy (non-hydrogen) atoms. The molecular weight excluding hydrogens is 467 g/mol. The van der Waals surface area contributed by atoms with Crippen molar-refractivity contribution >= 4 is 29.1 Å². The van der Waals surface area contributed by atoms with E-state index in [0.717, 1.165) is 7.11 Å². The number of alkyl halides is 3. The first-order valence-electron chi connectivity index (χ1n) is 9.47. The minimum atomic E-state index is -4.53. The molecule has 3 rings (SSSR count). The Hall–Kier alpha value is -3.31. The van der Waals surface area contributed by atoms with Crippen molar-refractivity contribution in [3.8, 4) is 16.9 Å². The van der Waals surface area contributed by atoms with Crippen molar-refractivity contribution in [2.24, 2.45) is 0 Å². The van der Waals surface area contributed by atoms with Crippen molar-refractivity contribution in [1.82, 2.24) is 14.7 Å². The zero-order chi connectivity index (χ0) is 24.4. The molecule has 0 saturated carbocycles. The van der Waals surface area contributed by atoms with E-state index in [1.807, 2.05) is 0 Å². The molecule has 0 saturated heterocycles. The number of hydrogen-bond acceptors (Lipinski definition) is 6. The highest BCUT2D eigenvalue weighted by Gasteiger charge is 2.32. The van der Waals surface area contributed by atoms with Gasteiger partial charge in [0.15, 0.2) is 12.2 Å². The first-order chi connectivity index (χ1) is 15.4. The Morgan fingerprint density at radius 1 is 1.21 bits per heavy atom. The third kappa shape index (κ3) is 5.74. The summed E-state index contributed by atoms with van der Waals surface area (Å²) in [6, 6.07) is 7.54. The molecule has 12 heteroatoms. The quantitative estimate of drug-likeness (QED) is 0.498. The van der Waals surface area contributed by atoms with Gasteiger partial charge in [0.2, 0.25) is 0 Å². The number of para-hydroxylation sites is 1. The molecule has 0 fully saturated rings. The Bertz CT molecular complexity index is 1190. The number of methoxy groups -OCH3 is 1. The Morgan fingerprint density at radius 3 is 2.58 bits per heavy atom. The predicted octanol–water partition coefficient (Wildman–Crippen LogP) is 3.25. The Balaban J connectivity index is 1.95. The van der Waals surface area contributed by atoms with Crippen molar-refractivity contribution in [2.45, 2.75) is 18.7 Å². The number of halogens is 4. The van der Waals surface area contributed by atoms with Crippen molar-refractivity contribution in [3.05, 3.63) is 53.4 Å². The molecule has 1 unspecified atom stereocenters. The van der Waals surface area contributed by atoms with Crippen molar-refractivity contribution in [1.29, 1.82) is 0 Å². The number of pyridine rings is 1. The first kappa shape index (κ1) is 24.3. The lowest BCUT2D eigenvalue weighted by Crippen LogP contribution is -2.47. The molecule has 3 aromatic rings. The van der Waals surface area contributed by atoms with Gasteiger partial charge in [-0.05, 0) is 19.1 Å². The third-order valence-corrected chi connectivity index (χ3v) is 4.74. The van der Waals surface area contributed by atoms with Gasteiger partial charge in [0.1, 0.15) is 17.1 Å². The number of rotatable bonds is 7. The number of ether oxygens (including phenoxy) is 2. The van der Waals surface area contributed by atoms with Crippen LogP contribution in [0.2, 0.25) is 5.02 Å². The second-order valence-electron chi connectivity index (χ2n) is 7.28.